The van der Waals surface area contributed by atoms with Crippen LogP contribution in [-0.4, -0.2) is 11.5 Å². The number of rotatable bonds is 4. The Hall–Kier alpha value is -1.26. The molecule has 1 aromatic heterocycles. The van der Waals surface area contributed by atoms with E-state index in [1.54, 1.807) is 17.4 Å². The molecule has 1 unspecified atom stereocenters. The van der Waals surface area contributed by atoms with E-state index in [1.807, 2.05) is 13.0 Å². The fourth-order valence-corrected chi connectivity index (χ4v) is 3.03. The Balaban J connectivity index is 2.44. The number of hydrogen-bond donors (Lipinski definition) is 1. The van der Waals surface area contributed by atoms with E-state index in [2.05, 4.69) is 11.9 Å². The highest BCUT2D eigenvalue weighted by Crippen LogP contribution is 2.35. The van der Waals surface area contributed by atoms with E-state index in [-0.39, 0.29) is 5.82 Å². The summed E-state index contributed by atoms with van der Waals surface area (Å²) in [5, 5.41) is 1.01. The molecule has 96 valence electrons. The largest absolute Gasteiger partial charge is 0.330 e. The Morgan fingerprint density at radius 2 is 2.22 bits per heavy atom. The maximum absolute atomic E-state index is 13.3. The molecule has 2 N–H and O–H groups in total. The van der Waals surface area contributed by atoms with Crippen LogP contribution < -0.4 is 5.73 Å². The van der Waals surface area contributed by atoms with Crippen molar-refractivity contribution in [2.45, 2.75) is 26.2 Å². The van der Waals surface area contributed by atoms with Crippen LogP contribution in [0, 0.1) is 12.7 Å². The van der Waals surface area contributed by atoms with Crippen molar-refractivity contribution >= 4 is 11.3 Å². The van der Waals surface area contributed by atoms with Gasteiger partial charge in [0, 0.05) is 10.4 Å². The van der Waals surface area contributed by atoms with Crippen molar-refractivity contribution in [3.63, 3.8) is 0 Å². The van der Waals surface area contributed by atoms with E-state index in [9.17, 15) is 4.39 Å². The molecule has 0 saturated heterocycles. The van der Waals surface area contributed by atoms with Gasteiger partial charge in [-0.05, 0) is 37.9 Å². The van der Waals surface area contributed by atoms with Gasteiger partial charge in [0.15, 0.2) is 0 Å². The Morgan fingerprint density at radius 3 is 2.89 bits per heavy atom. The number of thiazole rings is 1. The smallest absolute Gasteiger partial charge is 0.123 e. The number of aryl methyl sites for hydroxylation is 1. The van der Waals surface area contributed by atoms with Crippen molar-refractivity contribution in [3.8, 4) is 11.3 Å². The first-order chi connectivity index (χ1) is 8.61. The lowest BCUT2D eigenvalue weighted by Gasteiger charge is -2.10. The molecule has 0 saturated carbocycles. The monoisotopic (exact) mass is 264 g/mol. The molecule has 0 aliphatic carbocycles. The summed E-state index contributed by atoms with van der Waals surface area (Å²) in [6.07, 6.45) is 0.921. The molecule has 0 amide bonds. The Bertz CT molecular complexity index is 536. The van der Waals surface area contributed by atoms with E-state index in [0.29, 0.717) is 12.5 Å². The second-order valence-corrected chi connectivity index (χ2v) is 5.67. The van der Waals surface area contributed by atoms with Crippen molar-refractivity contribution < 1.29 is 4.39 Å². The summed E-state index contributed by atoms with van der Waals surface area (Å²) in [5.41, 5.74) is 7.36. The van der Waals surface area contributed by atoms with Crippen molar-refractivity contribution in [2.75, 3.05) is 6.54 Å². The van der Waals surface area contributed by atoms with Crippen molar-refractivity contribution in [1.82, 2.24) is 4.98 Å². The lowest BCUT2D eigenvalue weighted by atomic mass is 10.0. The van der Waals surface area contributed by atoms with Gasteiger partial charge in [-0.1, -0.05) is 19.1 Å². The number of aromatic nitrogens is 1. The van der Waals surface area contributed by atoms with E-state index in [4.69, 9.17) is 5.73 Å². The van der Waals surface area contributed by atoms with Gasteiger partial charge < -0.3 is 5.73 Å². The maximum Gasteiger partial charge on any atom is 0.123 e. The highest BCUT2D eigenvalue weighted by Gasteiger charge is 2.16. The average Bonchev–Trinajstić information content (AvgIpc) is 2.72. The fraction of sp³-hybridized carbons (Fsp3) is 0.357. The van der Waals surface area contributed by atoms with Gasteiger partial charge in [0.25, 0.3) is 0 Å². The van der Waals surface area contributed by atoms with Crippen LogP contribution in [0.15, 0.2) is 24.3 Å². The van der Waals surface area contributed by atoms with Crippen molar-refractivity contribution in [1.29, 1.82) is 0 Å². The molecule has 0 fully saturated rings. The summed E-state index contributed by atoms with van der Waals surface area (Å²) in [6, 6.07) is 6.60. The molecular formula is C14H17FN2S. The molecule has 0 spiro atoms. The molecule has 18 heavy (non-hydrogen) atoms. The molecule has 0 aliphatic rings. The summed E-state index contributed by atoms with van der Waals surface area (Å²) < 4.78 is 13.3. The van der Waals surface area contributed by atoms with Gasteiger partial charge in [0.1, 0.15) is 5.82 Å². The number of nitrogens with zero attached hydrogens (tertiary/aromatic N) is 1. The normalized spacial score (nSPS) is 12.7. The molecule has 2 rings (SSSR count). The Labute approximate surface area is 111 Å². The zero-order valence-corrected chi connectivity index (χ0v) is 11.4. The van der Waals surface area contributed by atoms with Crippen LogP contribution in [0.2, 0.25) is 0 Å². The van der Waals surface area contributed by atoms with Gasteiger partial charge in [0.05, 0.1) is 10.7 Å². The second kappa shape index (κ2) is 5.59. The van der Waals surface area contributed by atoms with Crippen LogP contribution in [0.25, 0.3) is 11.3 Å². The molecule has 1 aromatic carbocycles. The maximum atomic E-state index is 13.3. The van der Waals surface area contributed by atoms with Gasteiger partial charge in [-0.3, -0.25) is 0 Å². The minimum atomic E-state index is -0.226. The van der Waals surface area contributed by atoms with Crippen molar-refractivity contribution in [2.24, 2.45) is 5.73 Å². The second-order valence-electron chi connectivity index (χ2n) is 4.43. The third kappa shape index (κ3) is 2.76. The van der Waals surface area contributed by atoms with Crippen molar-refractivity contribution in [3.05, 3.63) is 40.0 Å². The van der Waals surface area contributed by atoms with Crippen LogP contribution in [-0.2, 0) is 0 Å². The SMILES string of the molecule is Cc1nc(-c2cccc(F)c2)c(C(C)CCN)s1. The first-order valence-electron chi connectivity index (χ1n) is 6.05. The quantitative estimate of drug-likeness (QED) is 0.914. The average molecular weight is 264 g/mol. The number of hydrogen-bond acceptors (Lipinski definition) is 3. The predicted octanol–water partition coefficient (Wildman–Crippen LogP) is 3.71. The molecular weight excluding hydrogens is 247 g/mol. The van der Waals surface area contributed by atoms with E-state index < -0.39 is 0 Å². The summed E-state index contributed by atoms with van der Waals surface area (Å²) in [5.74, 6) is 0.134. The summed E-state index contributed by atoms with van der Waals surface area (Å²) in [7, 11) is 0. The van der Waals surface area contributed by atoms with Crippen LogP contribution in [0.5, 0.6) is 0 Å². The van der Waals surface area contributed by atoms with E-state index in [1.165, 1.54) is 17.0 Å². The molecule has 1 atom stereocenters. The molecule has 2 aromatic rings. The zero-order chi connectivity index (χ0) is 13.1. The summed E-state index contributed by atoms with van der Waals surface area (Å²) in [6.45, 7) is 4.77. The first kappa shape index (κ1) is 13.2. The fourth-order valence-electron chi connectivity index (χ4n) is 2.00. The van der Waals surface area contributed by atoms with Gasteiger partial charge in [-0.15, -0.1) is 11.3 Å². The highest BCUT2D eigenvalue weighted by molar-refractivity contribution is 7.12. The van der Waals surface area contributed by atoms with Crippen LogP contribution in [0.3, 0.4) is 0 Å². The van der Waals surface area contributed by atoms with Crippen LogP contribution in [0.1, 0.15) is 29.1 Å². The number of benzene rings is 1. The predicted molar refractivity (Wildman–Crippen MR) is 74.3 cm³/mol. The third-order valence-electron chi connectivity index (χ3n) is 2.91. The van der Waals surface area contributed by atoms with Gasteiger partial charge in [-0.25, -0.2) is 9.37 Å². The molecule has 0 bridgehead atoms. The third-order valence-corrected chi connectivity index (χ3v) is 4.11. The van der Waals surface area contributed by atoms with Gasteiger partial charge in [-0.2, -0.15) is 0 Å². The van der Waals surface area contributed by atoms with E-state index in [0.717, 1.165) is 22.7 Å². The number of nitrogens with two attached hydrogens (primary N) is 1. The number of halogens is 1. The van der Waals surface area contributed by atoms with Gasteiger partial charge in [0.2, 0.25) is 0 Å². The molecule has 4 heteroatoms. The lowest BCUT2D eigenvalue weighted by molar-refractivity contribution is 0.628. The summed E-state index contributed by atoms with van der Waals surface area (Å²) >= 11 is 1.67. The highest BCUT2D eigenvalue weighted by atomic mass is 32.1. The molecule has 0 radical (unpaired) electrons. The zero-order valence-electron chi connectivity index (χ0n) is 10.6. The molecule has 2 nitrogen and oxygen atoms in total. The van der Waals surface area contributed by atoms with Crippen LogP contribution in [0.4, 0.5) is 4.39 Å². The van der Waals surface area contributed by atoms with E-state index >= 15 is 0 Å². The van der Waals surface area contributed by atoms with Crippen LogP contribution >= 0.6 is 11.3 Å². The minimum Gasteiger partial charge on any atom is -0.330 e. The standard InChI is InChI=1S/C14H17FN2S/c1-9(6-7-16)14-13(17-10(2)18-14)11-4-3-5-12(15)8-11/h3-5,8-9H,6-7,16H2,1-2H3. The minimum absolute atomic E-state index is 0.226. The first-order valence-corrected chi connectivity index (χ1v) is 6.86. The lowest BCUT2D eigenvalue weighted by Crippen LogP contribution is -2.04. The summed E-state index contributed by atoms with van der Waals surface area (Å²) in [4.78, 5) is 5.73. The Kier molecular flexibility index (Phi) is 4.09. The topological polar surface area (TPSA) is 38.9 Å². The van der Waals surface area contributed by atoms with Gasteiger partial charge >= 0.3 is 0 Å². The Morgan fingerprint density at radius 1 is 1.44 bits per heavy atom. The molecule has 1 heterocycles. The molecule has 0 aliphatic heterocycles.